The van der Waals surface area contributed by atoms with Crippen molar-refractivity contribution in [2.75, 3.05) is 13.2 Å². The molecule has 86 heavy (non-hydrogen) atoms. The van der Waals surface area contributed by atoms with Crippen molar-refractivity contribution >= 4 is 11.9 Å². The third-order valence-electron chi connectivity index (χ3n) is 19.4. The lowest BCUT2D eigenvalue weighted by Gasteiger charge is -2.22. The Kier molecular flexibility index (Phi) is 75.3. The van der Waals surface area contributed by atoms with Gasteiger partial charge in [0.15, 0.2) is 0 Å². The topological polar surface area (TPSA) is 95.9 Å². The highest BCUT2D eigenvalue weighted by molar-refractivity contribution is 5.76. The number of esters is 1. The predicted octanol–water partition coefficient (Wildman–Crippen LogP) is 26.5. The standard InChI is InChI=1S/C80H159NO5/c1-3-5-7-9-11-13-15-16-17-18-19-20-21-31-34-37-40-43-46-49-53-56-60-64-68-72-78(83)77(76-82)81-79(84)73-69-65-61-57-54-50-47-44-41-38-35-32-29-27-25-23-22-24-26-28-30-33-36-39-42-45-48-51-55-59-63-67-71-75-86-80(85)74-70-66-62-58-52-14-12-10-8-6-4-2/h77-78,82-83H,3-76H2,1-2H3,(H,81,84). The molecule has 0 saturated carbocycles. The van der Waals surface area contributed by atoms with Gasteiger partial charge in [-0.05, 0) is 25.7 Å². The molecule has 0 heterocycles. The van der Waals surface area contributed by atoms with Crippen molar-refractivity contribution < 1.29 is 24.5 Å². The first kappa shape index (κ1) is 84.9. The van der Waals surface area contributed by atoms with Gasteiger partial charge in [-0.3, -0.25) is 9.59 Å². The molecule has 2 atom stereocenters. The highest BCUT2D eigenvalue weighted by Crippen LogP contribution is 2.21. The van der Waals surface area contributed by atoms with Gasteiger partial charge in [0.1, 0.15) is 0 Å². The van der Waals surface area contributed by atoms with Crippen LogP contribution in [0.2, 0.25) is 0 Å². The SMILES string of the molecule is CCCCCCCCCCCCCCCCCCCCCCCCCCCC(O)C(CO)NC(=O)CCCCCCCCCCCCCCCCCCCCCCCCCCCCCCCCCCCOC(=O)CCCCCCCCCCCCC. The van der Waals surface area contributed by atoms with Crippen LogP contribution in [0, 0.1) is 0 Å². The summed E-state index contributed by atoms with van der Waals surface area (Å²) in [7, 11) is 0. The van der Waals surface area contributed by atoms with E-state index in [0.29, 0.717) is 25.9 Å². The number of carbonyl (C=O) groups excluding carboxylic acids is 2. The van der Waals surface area contributed by atoms with Crippen LogP contribution in [0.3, 0.4) is 0 Å². The Balaban J connectivity index is 3.32. The van der Waals surface area contributed by atoms with E-state index < -0.39 is 12.1 Å². The summed E-state index contributed by atoms with van der Waals surface area (Å²) in [5.74, 6) is -0.000486. The van der Waals surface area contributed by atoms with E-state index in [0.717, 1.165) is 38.5 Å². The maximum atomic E-state index is 12.6. The molecule has 0 radical (unpaired) electrons. The molecule has 0 aliphatic heterocycles. The van der Waals surface area contributed by atoms with Gasteiger partial charge >= 0.3 is 5.97 Å². The zero-order chi connectivity index (χ0) is 62.0. The minimum Gasteiger partial charge on any atom is -0.466 e. The summed E-state index contributed by atoms with van der Waals surface area (Å²) in [6.45, 7) is 5.01. The van der Waals surface area contributed by atoms with Crippen LogP contribution in [0.15, 0.2) is 0 Å². The molecule has 0 aliphatic carbocycles. The first-order chi connectivity index (χ1) is 42.5. The Labute approximate surface area is 540 Å². The summed E-state index contributed by atoms with van der Waals surface area (Å²) in [5.41, 5.74) is 0. The Morgan fingerprint density at radius 2 is 0.477 bits per heavy atom. The van der Waals surface area contributed by atoms with Gasteiger partial charge < -0.3 is 20.3 Å². The van der Waals surface area contributed by atoms with Crippen LogP contribution >= 0.6 is 0 Å². The first-order valence-electron chi connectivity index (χ1n) is 40.3. The summed E-state index contributed by atoms with van der Waals surface area (Å²) >= 11 is 0. The van der Waals surface area contributed by atoms with Crippen LogP contribution in [0.5, 0.6) is 0 Å². The number of aliphatic hydroxyl groups is 2. The predicted molar refractivity (Wildman–Crippen MR) is 380 cm³/mol. The average molecular weight is 1220 g/mol. The third kappa shape index (κ3) is 71.9. The second kappa shape index (κ2) is 76.3. The molecular weight excluding hydrogens is 1050 g/mol. The number of nitrogens with one attached hydrogen (secondary N) is 1. The van der Waals surface area contributed by atoms with E-state index in [1.54, 1.807) is 0 Å². The molecule has 2 unspecified atom stereocenters. The number of ether oxygens (including phenoxy) is 1. The van der Waals surface area contributed by atoms with Crippen molar-refractivity contribution in [2.45, 2.75) is 488 Å². The monoisotopic (exact) mass is 1210 g/mol. The van der Waals surface area contributed by atoms with Crippen molar-refractivity contribution in [1.29, 1.82) is 0 Å². The first-order valence-corrected chi connectivity index (χ1v) is 40.3. The van der Waals surface area contributed by atoms with Crippen LogP contribution in [0.25, 0.3) is 0 Å². The van der Waals surface area contributed by atoms with Crippen LogP contribution in [-0.4, -0.2) is 47.4 Å². The fourth-order valence-electron chi connectivity index (χ4n) is 13.3. The Hall–Kier alpha value is -1.14. The van der Waals surface area contributed by atoms with Gasteiger partial charge in [-0.25, -0.2) is 0 Å². The van der Waals surface area contributed by atoms with Crippen molar-refractivity contribution in [1.82, 2.24) is 5.32 Å². The lowest BCUT2D eigenvalue weighted by atomic mass is 10.0. The van der Waals surface area contributed by atoms with Crippen molar-refractivity contribution in [3.8, 4) is 0 Å². The molecule has 0 rings (SSSR count). The molecule has 0 aliphatic rings. The minimum atomic E-state index is -0.661. The van der Waals surface area contributed by atoms with E-state index in [-0.39, 0.29) is 18.5 Å². The van der Waals surface area contributed by atoms with Crippen molar-refractivity contribution in [3.63, 3.8) is 0 Å². The Morgan fingerprint density at radius 1 is 0.279 bits per heavy atom. The molecule has 6 heteroatoms. The number of amides is 1. The lowest BCUT2D eigenvalue weighted by Crippen LogP contribution is -2.45. The zero-order valence-corrected chi connectivity index (χ0v) is 59.1. The van der Waals surface area contributed by atoms with Gasteiger partial charge in [-0.2, -0.15) is 0 Å². The van der Waals surface area contributed by atoms with Crippen molar-refractivity contribution in [2.24, 2.45) is 0 Å². The minimum absolute atomic E-state index is 0.0228. The van der Waals surface area contributed by atoms with Gasteiger partial charge in [-0.15, -0.1) is 0 Å². The Morgan fingerprint density at radius 3 is 0.709 bits per heavy atom. The second-order valence-corrected chi connectivity index (χ2v) is 28.1. The van der Waals surface area contributed by atoms with E-state index in [1.807, 2.05) is 0 Å². The van der Waals surface area contributed by atoms with Gasteiger partial charge in [0.05, 0.1) is 25.4 Å². The number of unbranched alkanes of at least 4 members (excludes halogenated alkanes) is 66. The largest absolute Gasteiger partial charge is 0.466 e. The maximum absolute atomic E-state index is 12.6. The van der Waals surface area contributed by atoms with Crippen LogP contribution in [0.1, 0.15) is 476 Å². The summed E-state index contributed by atoms with van der Waals surface area (Å²) in [4.78, 5) is 24.6. The van der Waals surface area contributed by atoms with E-state index in [9.17, 15) is 19.8 Å². The number of hydrogen-bond acceptors (Lipinski definition) is 5. The summed E-state index contributed by atoms with van der Waals surface area (Å²) in [6.07, 6.45) is 94.9. The molecule has 514 valence electrons. The molecular formula is C80H159NO5. The smallest absolute Gasteiger partial charge is 0.305 e. The molecule has 0 spiro atoms. The lowest BCUT2D eigenvalue weighted by molar-refractivity contribution is -0.143. The molecule has 3 N–H and O–H groups in total. The van der Waals surface area contributed by atoms with E-state index in [4.69, 9.17) is 4.74 Å². The molecule has 0 saturated heterocycles. The van der Waals surface area contributed by atoms with Crippen LogP contribution in [-0.2, 0) is 14.3 Å². The summed E-state index contributed by atoms with van der Waals surface area (Å²) in [6, 6.07) is -0.538. The molecule has 0 bridgehead atoms. The summed E-state index contributed by atoms with van der Waals surface area (Å²) < 4.78 is 5.48. The molecule has 1 amide bonds. The highest BCUT2D eigenvalue weighted by Gasteiger charge is 2.20. The van der Waals surface area contributed by atoms with E-state index in [1.165, 1.54) is 405 Å². The number of hydrogen-bond donors (Lipinski definition) is 3. The number of carbonyl (C=O) groups is 2. The highest BCUT2D eigenvalue weighted by atomic mass is 16.5. The second-order valence-electron chi connectivity index (χ2n) is 28.1. The van der Waals surface area contributed by atoms with Crippen LogP contribution < -0.4 is 5.32 Å². The molecule has 0 fully saturated rings. The molecule has 6 nitrogen and oxygen atoms in total. The number of aliphatic hydroxyl groups excluding tert-OH is 2. The van der Waals surface area contributed by atoms with E-state index >= 15 is 0 Å². The Bertz CT molecular complexity index is 1260. The van der Waals surface area contributed by atoms with E-state index in [2.05, 4.69) is 19.2 Å². The van der Waals surface area contributed by atoms with Gasteiger partial charge in [0.25, 0.3) is 0 Å². The summed E-state index contributed by atoms with van der Waals surface area (Å²) in [5, 5.41) is 23.5. The fraction of sp³-hybridized carbons (Fsp3) is 0.975. The molecule has 0 aromatic carbocycles. The third-order valence-corrected chi connectivity index (χ3v) is 19.4. The number of rotatable bonds is 77. The average Bonchev–Trinajstić information content (AvgIpc) is 3.58. The van der Waals surface area contributed by atoms with Gasteiger partial charge in [-0.1, -0.05) is 438 Å². The van der Waals surface area contributed by atoms with Crippen LogP contribution in [0.4, 0.5) is 0 Å². The van der Waals surface area contributed by atoms with Gasteiger partial charge in [0, 0.05) is 12.8 Å². The van der Waals surface area contributed by atoms with Gasteiger partial charge in [0.2, 0.25) is 5.91 Å². The molecule has 0 aromatic heterocycles. The quantitative estimate of drug-likeness (QED) is 0.0417. The van der Waals surface area contributed by atoms with Crippen molar-refractivity contribution in [3.05, 3.63) is 0 Å². The fourth-order valence-corrected chi connectivity index (χ4v) is 13.3. The normalized spacial score (nSPS) is 12.4. The zero-order valence-electron chi connectivity index (χ0n) is 59.1. The maximum Gasteiger partial charge on any atom is 0.305 e. The molecule has 0 aromatic rings.